The molecule has 1 atom stereocenters. The Labute approximate surface area is 96.3 Å². The van der Waals surface area contributed by atoms with Crippen LogP contribution in [0, 0.1) is 17.7 Å². The van der Waals surface area contributed by atoms with Gasteiger partial charge in [-0.05, 0) is 36.0 Å². The molecule has 0 heterocycles. The summed E-state index contributed by atoms with van der Waals surface area (Å²) in [5.74, 6) is 0.827. The van der Waals surface area contributed by atoms with Crippen molar-refractivity contribution in [2.45, 2.75) is 32.1 Å². The van der Waals surface area contributed by atoms with Gasteiger partial charge >= 0.3 is 0 Å². The van der Waals surface area contributed by atoms with Crippen LogP contribution < -0.4 is 0 Å². The lowest BCUT2D eigenvalue weighted by Gasteiger charge is -2.21. The zero-order valence-electron chi connectivity index (χ0n) is 9.53. The van der Waals surface area contributed by atoms with Crippen LogP contribution in [0.2, 0.25) is 0 Å². The highest BCUT2D eigenvalue weighted by Crippen LogP contribution is 2.32. The molecule has 0 aromatic heterocycles. The molecule has 0 aliphatic heterocycles. The molecule has 16 heavy (non-hydrogen) atoms. The van der Waals surface area contributed by atoms with Gasteiger partial charge in [-0.2, -0.15) is 0 Å². The van der Waals surface area contributed by atoms with Gasteiger partial charge in [0.15, 0.2) is 0 Å². The minimum absolute atomic E-state index is 0.190. The lowest BCUT2D eigenvalue weighted by Crippen LogP contribution is -2.18. The summed E-state index contributed by atoms with van der Waals surface area (Å²) in [5, 5.41) is 9.43. The van der Waals surface area contributed by atoms with E-state index in [0.29, 0.717) is 11.8 Å². The minimum atomic E-state index is -0.190. The molecule has 1 nitrogen and oxygen atoms in total. The van der Waals surface area contributed by atoms with Crippen LogP contribution in [0.25, 0.3) is 0 Å². The van der Waals surface area contributed by atoms with Gasteiger partial charge in [-0.3, -0.25) is 0 Å². The molecule has 1 aliphatic carbocycles. The maximum absolute atomic E-state index is 12.8. The summed E-state index contributed by atoms with van der Waals surface area (Å²) in [6.45, 7) is 0.252. The number of benzene rings is 1. The third-order valence-corrected chi connectivity index (χ3v) is 3.71. The van der Waals surface area contributed by atoms with Gasteiger partial charge in [0.05, 0.1) is 0 Å². The molecule has 1 aromatic rings. The summed E-state index contributed by atoms with van der Waals surface area (Å²) in [7, 11) is 0. The molecular weight excluding hydrogens is 203 g/mol. The van der Waals surface area contributed by atoms with Crippen molar-refractivity contribution in [1.29, 1.82) is 0 Å². The monoisotopic (exact) mass is 222 g/mol. The van der Waals surface area contributed by atoms with Crippen LogP contribution in [0.5, 0.6) is 0 Å². The molecule has 0 bridgehead atoms. The Morgan fingerprint density at radius 1 is 1.19 bits per heavy atom. The maximum atomic E-state index is 12.8. The lowest BCUT2D eigenvalue weighted by molar-refractivity contribution is 0.175. The molecule has 1 unspecified atom stereocenters. The molecule has 88 valence electrons. The molecule has 1 fully saturated rings. The molecule has 2 rings (SSSR count). The van der Waals surface area contributed by atoms with Gasteiger partial charge in [0.25, 0.3) is 0 Å². The van der Waals surface area contributed by atoms with Gasteiger partial charge in [-0.1, -0.05) is 37.8 Å². The minimum Gasteiger partial charge on any atom is -0.396 e. The Morgan fingerprint density at radius 3 is 2.38 bits per heavy atom. The Hall–Kier alpha value is -0.890. The molecule has 1 N–H and O–H groups in total. The molecule has 0 radical (unpaired) electrons. The van der Waals surface area contributed by atoms with Crippen LogP contribution in [-0.2, 0) is 6.42 Å². The largest absolute Gasteiger partial charge is 0.396 e. The highest BCUT2D eigenvalue weighted by Gasteiger charge is 2.24. The normalized spacial score (nSPS) is 18.9. The van der Waals surface area contributed by atoms with Crippen LogP contribution in [0.15, 0.2) is 24.3 Å². The molecule has 0 spiro atoms. The first kappa shape index (κ1) is 11.6. The average molecular weight is 222 g/mol. The van der Waals surface area contributed by atoms with E-state index >= 15 is 0 Å². The van der Waals surface area contributed by atoms with Crippen LogP contribution in [0.4, 0.5) is 4.39 Å². The molecule has 0 saturated heterocycles. The van der Waals surface area contributed by atoms with Crippen molar-refractivity contribution < 1.29 is 9.50 Å². The fourth-order valence-electron chi connectivity index (χ4n) is 2.73. The van der Waals surface area contributed by atoms with Crippen molar-refractivity contribution in [2.24, 2.45) is 11.8 Å². The van der Waals surface area contributed by atoms with Crippen molar-refractivity contribution in [3.8, 4) is 0 Å². The van der Waals surface area contributed by atoms with Gasteiger partial charge in [-0.25, -0.2) is 4.39 Å². The molecule has 2 heteroatoms. The van der Waals surface area contributed by atoms with Crippen LogP contribution in [-0.4, -0.2) is 11.7 Å². The second-order valence-corrected chi connectivity index (χ2v) is 4.82. The van der Waals surface area contributed by atoms with E-state index in [0.717, 1.165) is 12.0 Å². The Morgan fingerprint density at radius 2 is 1.81 bits per heavy atom. The summed E-state index contributed by atoms with van der Waals surface area (Å²) in [4.78, 5) is 0. The molecule has 1 aromatic carbocycles. The third-order valence-electron chi connectivity index (χ3n) is 3.71. The first-order valence-corrected chi connectivity index (χ1v) is 6.15. The van der Waals surface area contributed by atoms with Gasteiger partial charge in [-0.15, -0.1) is 0 Å². The fraction of sp³-hybridized carbons (Fsp3) is 0.571. The summed E-state index contributed by atoms with van der Waals surface area (Å²) in [5.41, 5.74) is 1.13. The summed E-state index contributed by atoms with van der Waals surface area (Å²) >= 11 is 0. The van der Waals surface area contributed by atoms with Gasteiger partial charge in [0.2, 0.25) is 0 Å². The number of hydrogen-bond donors (Lipinski definition) is 1. The number of aliphatic hydroxyl groups is 1. The second-order valence-electron chi connectivity index (χ2n) is 4.82. The Balaban J connectivity index is 1.97. The third kappa shape index (κ3) is 2.82. The number of aliphatic hydroxyl groups excluding tert-OH is 1. The van der Waals surface area contributed by atoms with E-state index in [-0.39, 0.29) is 12.4 Å². The van der Waals surface area contributed by atoms with Crippen molar-refractivity contribution in [3.05, 3.63) is 35.6 Å². The number of rotatable bonds is 4. The van der Waals surface area contributed by atoms with E-state index in [9.17, 15) is 9.50 Å². The smallest absolute Gasteiger partial charge is 0.123 e. The first-order chi connectivity index (χ1) is 7.79. The fourth-order valence-corrected chi connectivity index (χ4v) is 2.73. The zero-order valence-corrected chi connectivity index (χ0v) is 9.53. The summed E-state index contributed by atoms with van der Waals surface area (Å²) in [6.07, 6.45) is 5.95. The Bertz CT molecular complexity index is 314. The zero-order chi connectivity index (χ0) is 11.4. The van der Waals surface area contributed by atoms with Gasteiger partial charge in [0, 0.05) is 6.61 Å². The van der Waals surface area contributed by atoms with E-state index in [2.05, 4.69) is 0 Å². The van der Waals surface area contributed by atoms with E-state index in [4.69, 9.17) is 0 Å². The maximum Gasteiger partial charge on any atom is 0.123 e. The van der Waals surface area contributed by atoms with Crippen LogP contribution in [0.1, 0.15) is 31.2 Å². The van der Waals surface area contributed by atoms with E-state index in [1.807, 2.05) is 12.1 Å². The van der Waals surface area contributed by atoms with Crippen LogP contribution in [0.3, 0.4) is 0 Å². The first-order valence-electron chi connectivity index (χ1n) is 6.15. The highest BCUT2D eigenvalue weighted by molar-refractivity contribution is 5.16. The molecule has 1 aliphatic rings. The van der Waals surface area contributed by atoms with Gasteiger partial charge < -0.3 is 5.11 Å². The van der Waals surface area contributed by atoms with Crippen molar-refractivity contribution in [3.63, 3.8) is 0 Å². The quantitative estimate of drug-likeness (QED) is 0.829. The SMILES string of the molecule is OCC(Cc1ccc(F)cc1)C1CCCC1. The molecule has 0 amide bonds. The summed E-state index contributed by atoms with van der Waals surface area (Å²) in [6, 6.07) is 6.65. The highest BCUT2D eigenvalue weighted by atomic mass is 19.1. The molecule has 1 saturated carbocycles. The van der Waals surface area contributed by atoms with E-state index in [1.54, 1.807) is 0 Å². The number of halogens is 1. The van der Waals surface area contributed by atoms with Crippen molar-refractivity contribution in [1.82, 2.24) is 0 Å². The lowest BCUT2D eigenvalue weighted by atomic mass is 9.86. The average Bonchev–Trinajstić information content (AvgIpc) is 2.82. The topological polar surface area (TPSA) is 20.2 Å². The predicted octanol–water partition coefficient (Wildman–Crippen LogP) is 3.17. The Kier molecular flexibility index (Phi) is 3.94. The van der Waals surface area contributed by atoms with E-state index in [1.165, 1.54) is 37.8 Å². The van der Waals surface area contributed by atoms with Gasteiger partial charge in [0.1, 0.15) is 5.82 Å². The standard InChI is InChI=1S/C14H19FO/c15-14-7-5-11(6-8-14)9-13(10-16)12-3-1-2-4-12/h5-8,12-13,16H,1-4,9-10H2. The predicted molar refractivity (Wildman–Crippen MR) is 62.6 cm³/mol. The molecular formula is C14H19FO. The summed E-state index contributed by atoms with van der Waals surface area (Å²) < 4.78 is 12.8. The van der Waals surface area contributed by atoms with E-state index < -0.39 is 0 Å². The number of hydrogen-bond acceptors (Lipinski definition) is 1. The second kappa shape index (κ2) is 5.44. The van der Waals surface area contributed by atoms with Crippen LogP contribution >= 0.6 is 0 Å². The van der Waals surface area contributed by atoms with Crippen molar-refractivity contribution >= 4 is 0 Å². The van der Waals surface area contributed by atoms with Crippen molar-refractivity contribution in [2.75, 3.05) is 6.61 Å².